The molecule has 0 saturated heterocycles. The average Bonchev–Trinajstić information content (AvgIpc) is 2.80. The van der Waals surface area contributed by atoms with Crippen molar-refractivity contribution in [1.29, 1.82) is 0 Å². The number of carbonyl (C=O) groups is 1. The molecule has 5 nitrogen and oxygen atoms in total. The van der Waals surface area contributed by atoms with Gasteiger partial charge in [0.25, 0.3) is 0 Å². The molecule has 6 radical (unpaired) electrons. The van der Waals surface area contributed by atoms with Crippen molar-refractivity contribution < 1.29 is 40.9 Å². The number of hydrogen-bond donors (Lipinski definition) is 1. The Morgan fingerprint density at radius 3 is 1.40 bits per heavy atom. The van der Waals surface area contributed by atoms with Crippen molar-refractivity contribution in [1.82, 2.24) is 0 Å². The molecule has 1 N–H and O–H groups in total. The van der Waals surface area contributed by atoms with Gasteiger partial charge in [0, 0.05) is 17.1 Å². The maximum absolute atomic E-state index is 10.1. The Bertz CT molecular complexity index is 176. The summed E-state index contributed by atoms with van der Waals surface area (Å²) in [5.41, 5.74) is 0. The van der Waals surface area contributed by atoms with E-state index in [2.05, 4.69) is 20.0 Å². The molecule has 1 rings (SSSR count). The van der Waals surface area contributed by atoms with Gasteiger partial charge in [0.2, 0.25) is 0 Å². The second kappa shape index (κ2) is 23.2. The molecule has 0 aromatic carbocycles. The van der Waals surface area contributed by atoms with Crippen molar-refractivity contribution in [2.24, 2.45) is 0 Å². The summed E-state index contributed by atoms with van der Waals surface area (Å²) in [5.74, 6) is -0.514. The van der Waals surface area contributed by atoms with Crippen LogP contribution >= 0.6 is 0 Å². The molecular formula is C9H5MnO5. The van der Waals surface area contributed by atoms with Crippen molar-refractivity contribution in [3.05, 3.63) is 51.6 Å². The number of hydrogen-bond acceptors (Lipinski definition) is 1. The number of carboxylic acid groups (broad SMARTS) is 1. The quantitative estimate of drug-likeness (QED) is 0.411. The second-order valence-corrected chi connectivity index (χ2v) is 1.48. The molecular weight excluding hydrogens is 243 g/mol. The smallest absolute Gasteiger partial charge is 0 e. The third-order valence-electron chi connectivity index (χ3n) is 0.910. The van der Waals surface area contributed by atoms with Gasteiger partial charge in [-0.05, 0) is 25.7 Å². The first-order chi connectivity index (χ1) is 6.80. The van der Waals surface area contributed by atoms with Crippen LogP contribution in [-0.2, 0) is 35.8 Å². The van der Waals surface area contributed by atoms with Crippen molar-refractivity contribution in [3.63, 3.8) is 0 Å². The van der Waals surface area contributed by atoms with E-state index in [1.807, 2.05) is 0 Å². The fraction of sp³-hybridized carbons (Fsp3) is 0. The first-order valence-corrected chi connectivity index (χ1v) is 2.87. The Kier molecular flexibility index (Phi) is 36.8. The Morgan fingerprint density at radius 2 is 1.27 bits per heavy atom. The van der Waals surface area contributed by atoms with Gasteiger partial charge < -0.3 is 5.11 Å². The van der Waals surface area contributed by atoms with Crippen molar-refractivity contribution >= 4 is 5.97 Å². The van der Waals surface area contributed by atoms with Gasteiger partial charge in [0.05, 0.1) is 5.92 Å². The molecule has 0 spiro atoms. The maximum Gasteiger partial charge on any atom is 0 e. The fourth-order valence-corrected chi connectivity index (χ4v) is 0.517. The largest absolute Gasteiger partial charge is 0 e. The Morgan fingerprint density at radius 1 is 1.00 bits per heavy atom. The summed E-state index contributed by atoms with van der Waals surface area (Å²) in [6.45, 7) is 13.5. The van der Waals surface area contributed by atoms with Crippen LogP contribution in [0, 0.1) is 51.6 Å². The molecule has 0 bridgehead atoms. The van der Waals surface area contributed by atoms with E-state index in [9.17, 15) is 4.79 Å². The predicted molar refractivity (Wildman–Crippen MR) is 39.9 cm³/mol. The van der Waals surface area contributed by atoms with Crippen LogP contribution < -0.4 is 0 Å². The summed E-state index contributed by atoms with van der Waals surface area (Å²) in [7, 11) is 0. The van der Waals surface area contributed by atoms with Gasteiger partial charge in [0.15, 0.2) is 0 Å². The molecule has 0 heterocycles. The molecule has 78 valence electrons. The summed E-state index contributed by atoms with van der Waals surface area (Å²) in [6.07, 6.45) is 6.51. The van der Waals surface area contributed by atoms with Crippen molar-refractivity contribution in [2.75, 3.05) is 0 Å². The molecule has 1 aliphatic carbocycles. The van der Waals surface area contributed by atoms with E-state index in [4.69, 9.17) is 19.1 Å². The summed E-state index contributed by atoms with van der Waals surface area (Å²) in [5, 5.41) is 8.27. The van der Waals surface area contributed by atoms with Gasteiger partial charge >= 0.3 is 39.9 Å². The van der Waals surface area contributed by atoms with Crippen LogP contribution in [0.15, 0.2) is 0 Å². The molecule has 0 amide bonds. The zero-order valence-electron chi connectivity index (χ0n) is 7.27. The van der Waals surface area contributed by atoms with Crippen LogP contribution in [0.3, 0.4) is 0 Å². The average molecular weight is 248 g/mol. The first kappa shape index (κ1) is 23.8. The molecule has 0 aromatic heterocycles. The molecule has 1 saturated carbocycles. The van der Waals surface area contributed by atoms with E-state index in [1.165, 1.54) is 0 Å². The molecule has 0 unspecified atom stereocenters. The third kappa shape index (κ3) is 15.9. The predicted octanol–water partition coefficient (Wildman–Crippen LogP) is 0.361. The van der Waals surface area contributed by atoms with Crippen LogP contribution in [0.25, 0.3) is 0 Å². The number of rotatable bonds is 1. The molecule has 1 fully saturated rings. The fourth-order valence-electron chi connectivity index (χ4n) is 0.517. The number of carboxylic acids is 1. The van der Waals surface area contributed by atoms with Crippen LogP contribution in [0.2, 0.25) is 0 Å². The standard InChI is InChI=1S/C6H5O2.3CO.Mn/c7-6(8)5-3-1-2-4-5;3*1-2;/h1-4H,(H,7,8);;;;. The molecule has 0 aliphatic heterocycles. The second-order valence-electron chi connectivity index (χ2n) is 1.48. The van der Waals surface area contributed by atoms with E-state index in [1.54, 1.807) is 25.7 Å². The van der Waals surface area contributed by atoms with Gasteiger partial charge in [-0.25, -0.2) is 0 Å². The van der Waals surface area contributed by atoms with E-state index < -0.39 is 5.97 Å². The molecule has 0 aromatic rings. The molecule has 6 heteroatoms. The molecule has 1 aliphatic rings. The Hall–Kier alpha value is -0.791. The Balaban J connectivity index is -0.0000000755. The zero-order valence-corrected chi connectivity index (χ0v) is 8.45. The molecule has 15 heavy (non-hydrogen) atoms. The van der Waals surface area contributed by atoms with Crippen molar-refractivity contribution in [3.8, 4) is 0 Å². The first-order valence-electron chi connectivity index (χ1n) is 2.87. The monoisotopic (exact) mass is 248 g/mol. The zero-order chi connectivity index (χ0) is 12.0. The summed E-state index contributed by atoms with van der Waals surface area (Å²) >= 11 is 0. The summed E-state index contributed by atoms with van der Waals surface area (Å²) in [4.78, 5) is 10.1. The normalized spacial score (nSPS) is 11.9. The van der Waals surface area contributed by atoms with Gasteiger partial charge in [-0.15, -0.1) is 0 Å². The van der Waals surface area contributed by atoms with Crippen molar-refractivity contribution in [2.45, 2.75) is 0 Å². The maximum atomic E-state index is 10.1. The van der Waals surface area contributed by atoms with Gasteiger partial charge in [-0.1, -0.05) is 0 Å². The van der Waals surface area contributed by atoms with Gasteiger partial charge in [0.1, 0.15) is 0 Å². The van der Waals surface area contributed by atoms with Crippen LogP contribution in [0.4, 0.5) is 0 Å². The summed E-state index contributed by atoms with van der Waals surface area (Å²) in [6, 6.07) is 0. The van der Waals surface area contributed by atoms with E-state index in [0.717, 1.165) is 0 Å². The minimum Gasteiger partial charge on any atom is 0 e. The van der Waals surface area contributed by atoms with Crippen LogP contribution in [-0.4, -0.2) is 11.1 Å². The van der Waals surface area contributed by atoms with E-state index in [0.29, 0.717) is 5.92 Å². The van der Waals surface area contributed by atoms with Gasteiger partial charge in [-0.2, -0.15) is 0 Å². The Labute approximate surface area is 98.9 Å². The third-order valence-corrected chi connectivity index (χ3v) is 0.910. The SMILES string of the molecule is O=C(O)[C]1[CH][CH][CH][CH]1.[C-]#[O+].[C-]#[O+].[C-]#[O+].[Mn]. The van der Waals surface area contributed by atoms with Gasteiger partial charge in [-0.3, -0.25) is 4.79 Å². The topological polar surface area (TPSA) is 97.0 Å². The van der Waals surface area contributed by atoms with E-state index in [-0.39, 0.29) is 17.1 Å². The number of aliphatic carboxylic acids is 1. The minimum absolute atomic E-state index is 0. The summed E-state index contributed by atoms with van der Waals surface area (Å²) < 4.78 is 22.5. The minimum atomic E-state index is -0.866. The molecule has 0 atom stereocenters. The van der Waals surface area contributed by atoms with E-state index >= 15 is 0 Å². The van der Waals surface area contributed by atoms with Crippen LogP contribution in [0.1, 0.15) is 0 Å². The van der Waals surface area contributed by atoms with Crippen LogP contribution in [0.5, 0.6) is 0 Å².